The lowest BCUT2D eigenvalue weighted by Gasteiger charge is -2.14. The van der Waals surface area contributed by atoms with Gasteiger partial charge in [-0.2, -0.15) is 0 Å². The van der Waals surface area contributed by atoms with Crippen LogP contribution in [0.1, 0.15) is 5.56 Å². The SMILES string of the molecule is COCC(=O)Nc1cc(Oc2ccc(NC(=O)Nc3cc(=O)[nH]n3-c3ccc(CO)cc3)c(Cl)c2Cl)ccn1. The number of hydrogen-bond acceptors (Lipinski definition) is 7. The molecule has 0 bridgehead atoms. The maximum Gasteiger partial charge on any atom is 0.324 e. The first-order chi connectivity index (χ1) is 18.8. The molecule has 5 N–H and O–H groups in total. The first-order valence-electron chi connectivity index (χ1n) is 11.3. The molecule has 14 heteroatoms. The molecule has 0 unspecified atom stereocenters. The van der Waals surface area contributed by atoms with E-state index in [1.165, 1.54) is 42.3 Å². The number of methoxy groups -OCH3 is 1. The van der Waals surface area contributed by atoms with Gasteiger partial charge < -0.3 is 25.2 Å². The highest BCUT2D eigenvalue weighted by molar-refractivity contribution is 6.45. The molecule has 4 aromatic rings. The van der Waals surface area contributed by atoms with Crippen molar-refractivity contribution >= 4 is 52.5 Å². The third kappa shape index (κ3) is 6.94. The van der Waals surface area contributed by atoms with E-state index in [-0.39, 0.29) is 52.2 Å². The fraction of sp³-hybridized carbons (Fsp3) is 0.120. The van der Waals surface area contributed by atoms with Crippen LogP contribution in [-0.4, -0.2) is 45.5 Å². The second-order valence-electron chi connectivity index (χ2n) is 7.94. The Hall–Kier alpha value is -4.36. The van der Waals surface area contributed by atoms with E-state index in [9.17, 15) is 19.5 Å². The maximum atomic E-state index is 12.7. The lowest BCUT2D eigenvalue weighted by molar-refractivity contribution is -0.119. The van der Waals surface area contributed by atoms with E-state index in [0.717, 1.165) is 0 Å². The third-order valence-corrected chi connectivity index (χ3v) is 6.01. The van der Waals surface area contributed by atoms with Gasteiger partial charge in [0, 0.05) is 25.4 Å². The number of benzene rings is 2. The number of carbonyl (C=O) groups is 2. The lowest BCUT2D eigenvalue weighted by Crippen LogP contribution is -2.21. The van der Waals surface area contributed by atoms with E-state index in [1.807, 2.05) is 0 Å². The zero-order chi connectivity index (χ0) is 27.9. The lowest BCUT2D eigenvalue weighted by atomic mass is 10.2. The maximum absolute atomic E-state index is 12.7. The van der Waals surface area contributed by atoms with Crippen molar-refractivity contribution in [2.24, 2.45) is 0 Å². The zero-order valence-electron chi connectivity index (χ0n) is 20.3. The van der Waals surface area contributed by atoms with E-state index < -0.39 is 11.6 Å². The fourth-order valence-electron chi connectivity index (χ4n) is 3.39. The molecule has 0 fully saturated rings. The van der Waals surface area contributed by atoms with E-state index in [1.54, 1.807) is 30.3 Å². The fourth-order valence-corrected chi connectivity index (χ4v) is 3.80. The molecular formula is C25H22Cl2N6O6. The highest BCUT2D eigenvalue weighted by Gasteiger charge is 2.16. The van der Waals surface area contributed by atoms with Gasteiger partial charge in [0.15, 0.2) is 0 Å². The number of nitrogens with one attached hydrogen (secondary N) is 4. The summed E-state index contributed by atoms with van der Waals surface area (Å²) in [7, 11) is 1.40. The summed E-state index contributed by atoms with van der Waals surface area (Å²) in [6.45, 7) is -0.254. The van der Waals surface area contributed by atoms with Crippen LogP contribution in [0.3, 0.4) is 0 Å². The summed E-state index contributed by atoms with van der Waals surface area (Å²) in [5.74, 6) is 0.556. The molecule has 12 nitrogen and oxygen atoms in total. The molecule has 0 saturated carbocycles. The molecule has 2 aromatic carbocycles. The summed E-state index contributed by atoms with van der Waals surface area (Å²) < 4.78 is 11.9. The normalized spacial score (nSPS) is 10.7. The van der Waals surface area contributed by atoms with Gasteiger partial charge in [-0.15, -0.1) is 0 Å². The Morgan fingerprint density at radius 2 is 1.79 bits per heavy atom. The van der Waals surface area contributed by atoms with Crippen molar-refractivity contribution in [1.82, 2.24) is 14.8 Å². The van der Waals surface area contributed by atoms with Crippen LogP contribution in [0.25, 0.3) is 5.69 Å². The van der Waals surface area contributed by atoms with Crippen molar-refractivity contribution in [3.8, 4) is 17.2 Å². The molecule has 0 aliphatic carbocycles. The Bertz CT molecular complexity index is 1550. The molecule has 0 aliphatic rings. The number of H-pyrrole nitrogens is 1. The monoisotopic (exact) mass is 572 g/mol. The first kappa shape index (κ1) is 27.7. The quantitative estimate of drug-likeness (QED) is 0.199. The summed E-state index contributed by atoms with van der Waals surface area (Å²) >= 11 is 12.8. The van der Waals surface area contributed by atoms with Gasteiger partial charge in [-0.05, 0) is 35.9 Å². The van der Waals surface area contributed by atoms with Gasteiger partial charge in [0.05, 0.1) is 23.0 Å². The number of aliphatic hydroxyl groups is 1. The Morgan fingerprint density at radius 3 is 2.51 bits per heavy atom. The van der Waals surface area contributed by atoms with Crippen molar-refractivity contribution < 1.29 is 24.2 Å². The van der Waals surface area contributed by atoms with Gasteiger partial charge >= 0.3 is 6.03 Å². The minimum atomic E-state index is -0.688. The Kier molecular flexibility index (Phi) is 8.84. The van der Waals surface area contributed by atoms with E-state index >= 15 is 0 Å². The molecule has 0 atom stereocenters. The van der Waals surface area contributed by atoms with Crippen molar-refractivity contribution in [2.75, 3.05) is 29.7 Å². The molecular weight excluding hydrogens is 551 g/mol. The smallest absolute Gasteiger partial charge is 0.324 e. The second-order valence-corrected chi connectivity index (χ2v) is 8.70. The Labute approximate surface area is 231 Å². The zero-order valence-corrected chi connectivity index (χ0v) is 21.8. The first-order valence-corrected chi connectivity index (χ1v) is 12.0. The van der Waals surface area contributed by atoms with Crippen LogP contribution >= 0.6 is 23.2 Å². The minimum Gasteiger partial charge on any atom is -0.456 e. The van der Waals surface area contributed by atoms with Crippen LogP contribution in [0, 0.1) is 0 Å². The number of rotatable bonds is 9. The van der Waals surface area contributed by atoms with Crippen molar-refractivity contribution in [2.45, 2.75) is 6.61 Å². The molecule has 2 heterocycles. The van der Waals surface area contributed by atoms with E-state index in [2.05, 4.69) is 26.0 Å². The number of ether oxygens (including phenoxy) is 2. The van der Waals surface area contributed by atoms with Crippen LogP contribution < -0.4 is 26.2 Å². The van der Waals surface area contributed by atoms with Crippen LogP contribution in [0.15, 0.2) is 65.6 Å². The second kappa shape index (κ2) is 12.5. The number of amides is 3. The molecule has 39 heavy (non-hydrogen) atoms. The van der Waals surface area contributed by atoms with Crippen molar-refractivity contribution in [3.05, 3.63) is 86.8 Å². The highest BCUT2D eigenvalue weighted by atomic mass is 35.5. The number of halogens is 2. The number of urea groups is 1. The Morgan fingerprint density at radius 1 is 1.03 bits per heavy atom. The summed E-state index contributed by atoms with van der Waals surface area (Å²) in [6.07, 6.45) is 1.44. The Balaban J connectivity index is 1.46. The number of carbonyl (C=O) groups excluding carboxylic acids is 2. The van der Waals surface area contributed by atoms with E-state index in [0.29, 0.717) is 17.0 Å². The number of aromatic nitrogens is 3. The topological polar surface area (TPSA) is 160 Å². The standard InChI is InChI=1S/C25H22Cl2N6O6/c1-38-13-22(36)30-19-10-16(8-9-28-19)39-18-7-6-17(23(26)24(18)27)29-25(37)31-20-11-21(35)32-33(20)15-4-2-14(12-34)3-5-15/h2-11,34H,12-13H2,1H3,(H,32,35)(H,28,30,36)(H2,29,31,37). The third-order valence-electron chi connectivity index (χ3n) is 5.15. The summed E-state index contributed by atoms with van der Waals surface area (Å²) in [4.78, 5) is 40.4. The number of hydrogen-bond donors (Lipinski definition) is 5. The molecule has 3 amide bonds. The average molecular weight is 573 g/mol. The number of anilines is 3. The van der Waals surface area contributed by atoms with Gasteiger partial charge in [-0.1, -0.05) is 35.3 Å². The number of pyridine rings is 1. The van der Waals surface area contributed by atoms with Crippen LogP contribution in [0.4, 0.5) is 22.1 Å². The minimum absolute atomic E-state index is 0.0121. The van der Waals surface area contributed by atoms with Crippen molar-refractivity contribution in [1.29, 1.82) is 0 Å². The number of aliphatic hydroxyl groups excluding tert-OH is 1. The van der Waals surface area contributed by atoms with Gasteiger partial charge in [0.2, 0.25) is 0 Å². The van der Waals surface area contributed by atoms with E-state index in [4.69, 9.17) is 32.7 Å². The average Bonchev–Trinajstić information content (AvgIpc) is 3.28. The molecule has 0 spiro atoms. The molecule has 0 radical (unpaired) electrons. The molecule has 202 valence electrons. The van der Waals surface area contributed by atoms with Gasteiger partial charge in [0.25, 0.3) is 11.5 Å². The van der Waals surface area contributed by atoms with Gasteiger partial charge in [0.1, 0.15) is 34.8 Å². The molecule has 2 aromatic heterocycles. The predicted octanol–water partition coefficient (Wildman–Crippen LogP) is 4.38. The summed E-state index contributed by atoms with van der Waals surface area (Å²) in [6, 6.07) is 13.3. The molecule has 0 aliphatic heterocycles. The number of aromatic amines is 1. The van der Waals surface area contributed by atoms with Crippen LogP contribution in [0.5, 0.6) is 11.5 Å². The molecule has 4 rings (SSSR count). The molecule has 0 saturated heterocycles. The van der Waals surface area contributed by atoms with Crippen LogP contribution in [0.2, 0.25) is 10.0 Å². The summed E-state index contributed by atoms with van der Waals surface area (Å²) in [5, 5.41) is 19.6. The van der Waals surface area contributed by atoms with Gasteiger partial charge in [-0.3, -0.25) is 20.0 Å². The number of nitrogens with zero attached hydrogens (tertiary/aromatic N) is 2. The summed E-state index contributed by atoms with van der Waals surface area (Å²) in [5.41, 5.74) is 1.00. The highest BCUT2D eigenvalue weighted by Crippen LogP contribution is 2.39. The largest absolute Gasteiger partial charge is 0.456 e. The predicted molar refractivity (Wildman–Crippen MR) is 146 cm³/mol. The van der Waals surface area contributed by atoms with Crippen LogP contribution in [-0.2, 0) is 16.1 Å². The van der Waals surface area contributed by atoms with Crippen molar-refractivity contribution in [3.63, 3.8) is 0 Å². The van der Waals surface area contributed by atoms with Gasteiger partial charge in [-0.25, -0.2) is 14.5 Å².